The van der Waals surface area contributed by atoms with E-state index in [4.69, 9.17) is 5.11 Å². The van der Waals surface area contributed by atoms with Gasteiger partial charge in [0.2, 0.25) is 0 Å². The molecule has 4 nitrogen and oxygen atoms in total. The lowest BCUT2D eigenvalue weighted by Gasteiger charge is -2.33. The van der Waals surface area contributed by atoms with Crippen molar-refractivity contribution in [1.82, 2.24) is 9.80 Å². The molecule has 4 heteroatoms. The number of carbonyl (C=O) groups is 1. The summed E-state index contributed by atoms with van der Waals surface area (Å²) >= 11 is 0. The SMILES string of the molecule is O=C(O)CN(C1CCCC1)C1CCN(C2CC2)C1. The van der Waals surface area contributed by atoms with Gasteiger partial charge in [-0.05, 0) is 32.1 Å². The van der Waals surface area contributed by atoms with Crippen molar-refractivity contribution in [2.75, 3.05) is 19.6 Å². The van der Waals surface area contributed by atoms with E-state index in [0.717, 1.165) is 12.6 Å². The van der Waals surface area contributed by atoms with Crippen molar-refractivity contribution in [3.05, 3.63) is 0 Å². The molecule has 2 aliphatic carbocycles. The van der Waals surface area contributed by atoms with E-state index in [-0.39, 0.29) is 6.54 Å². The third-order valence-electron chi connectivity index (χ3n) is 4.84. The van der Waals surface area contributed by atoms with Crippen LogP contribution in [0.4, 0.5) is 0 Å². The summed E-state index contributed by atoms with van der Waals surface area (Å²) in [5.41, 5.74) is 0. The first-order chi connectivity index (χ1) is 8.74. The number of likely N-dealkylation sites (tertiary alicyclic amines) is 1. The van der Waals surface area contributed by atoms with Crippen LogP contribution in [0.15, 0.2) is 0 Å². The molecule has 0 aromatic carbocycles. The van der Waals surface area contributed by atoms with Gasteiger partial charge in [0.1, 0.15) is 0 Å². The number of nitrogens with zero attached hydrogens (tertiary/aromatic N) is 2. The van der Waals surface area contributed by atoms with Crippen LogP contribution in [-0.2, 0) is 4.79 Å². The molecule has 102 valence electrons. The third-order valence-corrected chi connectivity index (χ3v) is 4.84. The molecule has 0 amide bonds. The molecule has 1 atom stereocenters. The van der Waals surface area contributed by atoms with Crippen molar-refractivity contribution in [2.24, 2.45) is 0 Å². The average Bonchev–Trinajstić information content (AvgIpc) is 2.89. The zero-order valence-electron chi connectivity index (χ0n) is 11.1. The number of aliphatic carboxylic acids is 1. The predicted molar refractivity (Wildman–Crippen MR) is 69.6 cm³/mol. The molecule has 2 saturated carbocycles. The molecule has 1 unspecified atom stereocenters. The quantitative estimate of drug-likeness (QED) is 0.806. The van der Waals surface area contributed by atoms with Crippen molar-refractivity contribution in [3.63, 3.8) is 0 Å². The molecule has 0 spiro atoms. The second kappa shape index (κ2) is 5.17. The maximum Gasteiger partial charge on any atom is 0.317 e. The Morgan fingerprint density at radius 1 is 1.11 bits per heavy atom. The van der Waals surface area contributed by atoms with E-state index >= 15 is 0 Å². The number of carboxylic acid groups (broad SMARTS) is 1. The summed E-state index contributed by atoms with van der Waals surface area (Å²) in [6.45, 7) is 2.53. The van der Waals surface area contributed by atoms with Gasteiger partial charge >= 0.3 is 5.97 Å². The monoisotopic (exact) mass is 252 g/mol. The molecule has 0 aromatic heterocycles. The zero-order valence-corrected chi connectivity index (χ0v) is 11.1. The highest BCUT2D eigenvalue weighted by molar-refractivity contribution is 5.69. The van der Waals surface area contributed by atoms with E-state index in [2.05, 4.69) is 9.80 Å². The molecule has 0 radical (unpaired) electrons. The second-order valence-electron chi connectivity index (χ2n) is 6.17. The van der Waals surface area contributed by atoms with Crippen LogP contribution >= 0.6 is 0 Å². The Balaban J connectivity index is 1.62. The zero-order chi connectivity index (χ0) is 12.5. The van der Waals surface area contributed by atoms with Crippen LogP contribution in [0.1, 0.15) is 44.9 Å². The summed E-state index contributed by atoms with van der Waals surface area (Å²) in [5.74, 6) is -0.660. The average molecular weight is 252 g/mol. The van der Waals surface area contributed by atoms with Crippen LogP contribution in [0.2, 0.25) is 0 Å². The van der Waals surface area contributed by atoms with Crippen LogP contribution in [0, 0.1) is 0 Å². The van der Waals surface area contributed by atoms with Crippen LogP contribution in [0.25, 0.3) is 0 Å². The van der Waals surface area contributed by atoms with Gasteiger partial charge in [0, 0.05) is 31.2 Å². The number of hydrogen-bond acceptors (Lipinski definition) is 3. The summed E-state index contributed by atoms with van der Waals surface area (Å²) in [6.07, 6.45) is 8.84. The molecule has 1 N–H and O–H groups in total. The van der Waals surface area contributed by atoms with E-state index in [0.29, 0.717) is 12.1 Å². The maximum atomic E-state index is 11.1. The molecule has 1 aliphatic heterocycles. The summed E-state index contributed by atoms with van der Waals surface area (Å²) in [5, 5.41) is 9.14. The summed E-state index contributed by atoms with van der Waals surface area (Å²) < 4.78 is 0. The molecule has 0 bridgehead atoms. The lowest BCUT2D eigenvalue weighted by Crippen LogP contribution is -2.46. The molecule has 3 aliphatic rings. The Morgan fingerprint density at radius 2 is 1.83 bits per heavy atom. The van der Waals surface area contributed by atoms with Gasteiger partial charge in [-0.3, -0.25) is 14.6 Å². The lowest BCUT2D eigenvalue weighted by molar-refractivity contribution is -0.139. The minimum absolute atomic E-state index is 0.244. The first-order valence-corrected chi connectivity index (χ1v) is 7.45. The Hall–Kier alpha value is -0.610. The van der Waals surface area contributed by atoms with E-state index in [1.807, 2.05) is 0 Å². The Labute approximate surface area is 109 Å². The Kier molecular flexibility index (Phi) is 3.57. The van der Waals surface area contributed by atoms with E-state index < -0.39 is 5.97 Å². The van der Waals surface area contributed by atoms with Crippen molar-refractivity contribution >= 4 is 5.97 Å². The van der Waals surface area contributed by atoms with Gasteiger partial charge in [-0.1, -0.05) is 12.8 Å². The van der Waals surface area contributed by atoms with Crippen LogP contribution in [0.5, 0.6) is 0 Å². The first kappa shape index (κ1) is 12.4. The highest BCUT2D eigenvalue weighted by atomic mass is 16.4. The fraction of sp³-hybridized carbons (Fsp3) is 0.929. The normalized spacial score (nSPS) is 30.4. The molecule has 1 heterocycles. The Morgan fingerprint density at radius 3 is 2.44 bits per heavy atom. The second-order valence-corrected chi connectivity index (χ2v) is 6.17. The van der Waals surface area contributed by atoms with Gasteiger partial charge in [0.05, 0.1) is 6.54 Å². The van der Waals surface area contributed by atoms with Crippen molar-refractivity contribution in [3.8, 4) is 0 Å². The molecular formula is C14H24N2O2. The van der Waals surface area contributed by atoms with E-state index in [9.17, 15) is 4.79 Å². The summed E-state index contributed by atoms with van der Waals surface area (Å²) in [6, 6.07) is 1.85. The van der Waals surface area contributed by atoms with Gasteiger partial charge in [-0.2, -0.15) is 0 Å². The lowest BCUT2D eigenvalue weighted by atomic mass is 10.1. The van der Waals surface area contributed by atoms with Crippen molar-refractivity contribution in [1.29, 1.82) is 0 Å². The van der Waals surface area contributed by atoms with Gasteiger partial charge in [-0.15, -0.1) is 0 Å². The number of rotatable bonds is 5. The van der Waals surface area contributed by atoms with Crippen molar-refractivity contribution in [2.45, 2.75) is 63.1 Å². The minimum Gasteiger partial charge on any atom is -0.480 e. The minimum atomic E-state index is -0.660. The van der Waals surface area contributed by atoms with Crippen LogP contribution in [-0.4, -0.2) is 58.6 Å². The molecular weight excluding hydrogens is 228 g/mol. The standard InChI is InChI=1S/C14H24N2O2/c17-14(18)10-16(12-3-1-2-4-12)13-7-8-15(9-13)11-5-6-11/h11-13H,1-10H2,(H,17,18). The summed E-state index contributed by atoms with van der Waals surface area (Å²) in [7, 11) is 0. The molecule has 3 fully saturated rings. The first-order valence-electron chi connectivity index (χ1n) is 7.45. The van der Waals surface area contributed by atoms with Gasteiger partial charge in [-0.25, -0.2) is 0 Å². The third kappa shape index (κ3) is 2.69. The van der Waals surface area contributed by atoms with E-state index in [1.165, 1.54) is 51.5 Å². The van der Waals surface area contributed by atoms with Gasteiger partial charge in [0.15, 0.2) is 0 Å². The van der Waals surface area contributed by atoms with Crippen molar-refractivity contribution < 1.29 is 9.90 Å². The van der Waals surface area contributed by atoms with Gasteiger partial charge < -0.3 is 5.11 Å². The molecule has 18 heavy (non-hydrogen) atoms. The topological polar surface area (TPSA) is 43.8 Å². The van der Waals surface area contributed by atoms with Gasteiger partial charge in [0.25, 0.3) is 0 Å². The summed E-state index contributed by atoms with van der Waals surface area (Å²) in [4.78, 5) is 16.0. The predicted octanol–water partition coefficient (Wildman–Crippen LogP) is 1.55. The number of carboxylic acids is 1. The fourth-order valence-electron chi connectivity index (χ4n) is 3.76. The van der Waals surface area contributed by atoms with Crippen LogP contribution < -0.4 is 0 Å². The Bertz CT molecular complexity index is 311. The maximum absolute atomic E-state index is 11.1. The van der Waals surface area contributed by atoms with E-state index in [1.54, 1.807) is 0 Å². The highest BCUT2D eigenvalue weighted by Gasteiger charge is 2.39. The number of hydrogen-bond donors (Lipinski definition) is 1. The molecule has 3 rings (SSSR count). The largest absolute Gasteiger partial charge is 0.480 e. The highest BCUT2D eigenvalue weighted by Crippen LogP contribution is 2.33. The van der Waals surface area contributed by atoms with Crippen LogP contribution in [0.3, 0.4) is 0 Å². The molecule has 1 saturated heterocycles. The smallest absolute Gasteiger partial charge is 0.317 e. The molecule has 0 aromatic rings. The fourth-order valence-corrected chi connectivity index (χ4v) is 3.76.